The molecule has 0 heterocycles. The van der Waals surface area contributed by atoms with E-state index in [1.165, 1.54) is 5.56 Å². The number of hydrogen-bond donors (Lipinski definition) is 1. The number of benzene rings is 3. The highest BCUT2D eigenvalue weighted by Gasteiger charge is 2.06. The van der Waals surface area contributed by atoms with Crippen molar-refractivity contribution < 1.29 is 9.59 Å². The molecule has 0 fully saturated rings. The van der Waals surface area contributed by atoms with Crippen molar-refractivity contribution in [2.45, 2.75) is 32.1 Å². The first-order chi connectivity index (χ1) is 13.7. The molecule has 0 saturated heterocycles. The summed E-state index contributed by atoms with van der Waals surface area (Å²) in [6.07, 6.45) is 3.18. The Morgan fingerprint density at radius 2 is 1.21 bits per heavy atom. The summed E-state index contributed by atoms with van der Waals surface area (Å²) in [4.78, 5) is 24.3. The molecule has 0 spiro atoms. The fourth-order valence-electron chi connectivity index (χ4n) is 3.14. The smallest absolute Gasteiger partial charge is 0.228 e. The van der Waals surface area contributed by atoms with E-state index in [1.807, 2.05) is 72.8 Å². The van der Waals surface area contributed by atoms with Crippen LogP contribution in [0.1, 0.15) is 29.5 Å². The largest absolute Gasteiger partial charge is 0.326 e. The molecular weight excluding hydrogens is 346 g/mol. The van der Waals surface area contributed by atoms with Crippen LogP contribution >= 0.6 is 0 Å². The Balaban J connectivity index is 1.42. The topological polar surface area (TPSA) is 46.2 Å². The number of hydrogen-bond acceptors (Lipinski definition) is 2. The molecule has 0 saturated carbocycles. The molecule has 1 amide bonds. The zero-order chi connectivity index (χ0) is 19.6. The number of aryl methyl sites for hydroxylation is 1. The fraction of sp³-hybridized carbons (Fsp3) is 0.200. The number of rotatable bonds is 9. The first-order valence-electron chi connectivity index (χ1n) is 9.67. The summed E-state index contributed by atoms with van der Waals surface area (Å²) in [5.74, 6) is 0.202. The number of Topliss-reactive ketones (excluding diaryl/α,β-unsaturated/α-hetero) is 1. The van der Waals surface area contributed by atoms with Gasteiger partial charge in [-0.3, -0.25) is 9.59 Å². The van der Waals surface area contributed by atoms with Crippen molar-refractivity contribution in [2.24, 2.45) is 0 Å². The summed E-state index contributed by atoms with van der Waals surface area (Å²) in [7, 11) is 0. The molecule has 28 heavy (non-hydrogen) atoms. The van der Waals surface area contributed by atoms with Crippen LogP contribution in [-0.4, -0.2) is 11.7 Å². The number of amides is 1. The van der Waals surface area contributed by atoms with Crippen LogP contribution in [0.25, 0.3) is 0 Å². The minimum Gasteiger partial charge on any atom is -0.326 e. The molecule has 0 unspecified atom stereocenters. The van der Waals surface area contributed by atoms with E-state index in [0.29, 0.717) is 19.3 Å². The number of carbonyl (C=O) groups is 2. The lowest BCUT2D eigenvalue weighted by atomic mass is 10.0. The third-order valence-electron chi connectivity index (χ3n) is 4.61. The molecule has 0 aliphatic heterocycles. The van der Waals surface area contributed by atoms with Crippen LogP contribution in [0, 0.1) is 0 Å². The molecule has 0 aromatic heterocycles. The quantitative estimate of drug-likeness (QED) is 0.575. The standard InChI is InChI=1S/C25H25NO2/c27-24(13-7-12-20-8-3-1-4-9-20)18-22-14-16-23(17-15-22)26-25(28)19-21-10-5-2-6-11-21/h1-6,8-11,14-17H,7,12-13,18-19H2,(H,26,28). The fourth-order valence-corrected chi connectivity index (χ4v) is 3.14. The van der Waals surface area contributed by atoms with Crippen molar-refractivity contribution in [2.75, 3.05) is 5.32 Å². The number of ketones is 1. The molecule has 3 aromatic carbocycles. The highest BCUT2D eigenvalue weighted by atomic mass is 16.1. The van der Waals surface area contributed by atoms with Gasteiger partial charge in [-0.1, -0.05) is 72.8 Å². The second-order valence-corrected chi connectivity index (χ2v) is 6.96. The van der Waals surface area contributed by atoms with Gasteiger partial charge in [0.2, 0.25) is 5.91 Å². The maximum absolute atomic E-state index is 12.2. The second kappa shape index (κ2) is 10.2. The van der Waals surface area contributed by atoms with Crippen LogP contribution < -0.4 is 5.32 Å². The predicted molar refractivity (Wildman–Crippen MR) is 113 cm³/mol. The van der Waals surface area contributed by atoms with E-state index in [2.05, 4.69) is 17.4 Å². The van der Waals surface area contributed by atoms with Crippen molar-refractivity contribution in [1.82, 2.24) is 0 Å². The van der Waals surface area contributed by atoms with Crippen LogP contribution in [-0.2, 0) is 28.9 Å². The van der Waals surface area contributed by atoms with Crippen LogP contribution in [0.5, 0.6) is 0 Å². The van der Waals surface area contributed by atoms with Crippen molar-refractivity contribution >= 4 is 17.4 Å². The van der Waals surface area contributed by atoms with Crippen LogP contribution in [0.4, 0.5) is 5.69 Å². The van der Waals surface area contributed by atoms with E-state index in [1.54, 1.807) is 0 Å². The van der Waals surface area contributed by atoms with Crippen molar-refractivity contribution in [3.8, 4) is 0 Å². The monoisotopic (exact) mass is 371 g/mol. The second-order valence-electron chi connectivity index (χ2n) is 6.96. The Kier molecular flexibility index (Phi) is 7.14. The van der Waals surface area contributed by atoms with Gasteiger partial charge in [-0.05, 0) is 41.7 Å². The molecular formula is C25H25NO2. The lowest BCUT2D eigenvalue weighted by Crippen LogP contribution is -2.14. The molecule has 1 N–H and O–H groups in total. The van der Waals surface area contributed by atoms with Crippen molar-refractivity contribution in [3.05, 3.63) is 102 Å². The molecule has 3 rings (SSSR count). The van der Waals surface area contributed by atoms with E-state index >= 15 is 0 Å². The molecule has 0 radical (unpaired) electrons. The molecule has 0 bridgehead atoms. The SMILES string of the molecule is O=C(CCCc1ccccc1)Cc1ccc(NC(=O)Cc2ccccc2)cc1. The summed E-state index contributed by atoms with van der Waals surface area (Å²) in [6, 6.07) is 27.4. The lowest BCUT2D eigenvalue weighted by Gasteiger charge is -2.07. The molecule has 0 aliphatic rings. The van der Waals surface area contributed by atoms with Gasteiger partial charge in [0, 0.05) is 18.5 Å². The van der Waals surface area contributed by atoms with Gasteiger partial charge in [0.05, 0.1) is 6.42 Å². The zero-order valence-corrected chi connectivity index (χ0v) is 15.9. The average Bonchev–Trinajstić information content (AvgIpc) is 2.71. The first kappa shape index (κ1) is 19.6. The van der Waals surface area contributed by atoms with E-state index in [4.69, 9.17) is 0 Å². The number of nitrogens with one attached hydrogen (secondary N) is 1. The Labute approximate surface area is 166 Å². The van der Waals surface area contributed by atoms with Gasteiger partial charge in [-0.15, -0.1) is 0 Å². The highest BCUT2D eigenvalue weighted by molar-refractivity contribution is 5.92. The zero-order valence-electron chi connectivity index (χ0n) is 15.9. The van der Waals surface area contributed by atoms with Gasteiger partial charge in [-0.2, -0.15) is 0 Å². The third kappa shape index (κ3) is 6.51. The van der Waals surface area contributed by atoms with E-state index < -0.39 is 0 Å². The van der Waals surface area contributed by atoms with Gasteiger partial charge < -0.3 is 5.32 Å². The maximum atomic E-state index is 12.2. The Morgan fingerprint density at radius 3 is 1.86 bits per heavy atom. The lowest BCUT2D eigenvalue weighted by molar-refractivity contribution is -0.118. The molecule has 0 aliphatic carbocycles. The Morgan fingerprint density at radius 1 is 0.643 bits per heavy atom. The van der Waals surface area contributed by atoms with Crippen LogP contribution in [0.2, 0.25) is 0 Å². The maximum Gasteiger partial charge on any atom is 0.228 e. The minimum atomic E-state index is -0.0454. The highest BCUT2D eigenvalue weighted by Crippen LogP contribution is 2.13. The summed E-state index contributed by atoms with van der Waals surface area (Å²) >= 11 is 0. The minimum absolute atomic E-state index is 0.0454. The summed E-state index contributed by atoms with van der Waals surface area (Å²) < 4.78 is 0. The summed E-state index contributed by atoms with van der Waals surface area (Å²) in [6.45, 7) is 0. The van der Waals surface area contributed by atoms with Gasteiger partial charge in [0.25, 0.3) is 0 Å². The third-order valence-corrected chi connectivity index (χ3v) is 4.61. The first-order valence-corrected chi connectivity index (χ1v) is 9.67. The van der Waals surface area contributed by atoms with Crippen LogP contribution in [0.15, 0.2) is 84.9 Å². The van der Waals surface area contributed by atoms with E-state index in [9.17, 15) is 9.59 Å². The van der Waals surface area contributed by atoms with E-state index in [0.717, 1.165) is 29.7 Å². The molecule has 142 valence electrons. The molecule has 3 aromatic rings. The van der Waals surface area contributed by atoms with E-state index in [-0.39, 0.29) is 11.7 Å². The van der Waals surface area contributed by atoms with Gasteiger partial charge in [0.15, 0.2) is 0 Å². The van der Waals surface area contributed by atoms with Crippen molar-refractivity contribution in [3.63, 3.8) is 0 Å². The molecule has 3 heteroatoms. The van der Waals surface area contributed by atoms with Gasteiger partial charge in [-0.25, -0.2) is 0 Å². The number of anilines is 1. The average molecular weight is 371 g/mol. The predicted octanol–water partition coefficient (Wildman–Crippen LogP) is 5.00. The van der Waals surface area contributed by atoms with Gasteiger partial charge in [0.1, 0.15) is 5.78 Å². The molecule has 3 nitrogen and oxygen atoms in total. The summed E-state index contributed by atoms with van der Waals surface area (Å²) in [5, 5.41) is 2.90. The summed E-state index contributed by atoms with van der Waals surface area (Å²) in [5.41, 5.74) is 3.98. The van der Waals surface area contributed by atoms with Crippen LogP contribution in [0.3, 0.4) is 0 Å². The molecule has 0 atom stereocenters. The normalized spacial score (nSPS) is 10.4. The van der Waals surface area contributed by atoms with Gasteiger partial charge >= 0.3 is 0 Å². The number of carbonyl (C=O) groups excluding carboxylic acids is 2. The van der Waals surface area contributed by atoms with Crippen molar-refractivity contribution in [1.29, 1.82) is 0 Å². The Hall–Kier alpha value is -3.20. The Bertz CT molecular complexity index is 887.